The average Bonchev–Trinajstić information content (AvgIpc) is 2.31. The maximum Gasteiger partial charge on any atom is 0.343 e. The van der Waals surface area contributed by atoms with Crippen LogP contribution in [0.1, 0.15) is 15.9 Å². The number of hydrogen-bond acceptors (Lipinski definition) is 2. The van der Waals surface area contributed by atoms with Gasteiger partial charge in [-0.15, -0.1) is 0 Å². The van der Waals surface area contributed by atoms with E-state index in [4.69, 9.17) is 4.74 Å². The minimum Gasteiger partial charge on any atom is -0.423 e. The highest BCUT2D eigenvalue weighted by Gasteiger charge is 2.10. The zero-order valence-electron chi connectivity index (χ0n) is 8.72. The molecule has 0 aliphatic rings. The fraction of sp³-hybridized carbons (Fsp3) is 0. The molecule has 0 heterocycles. The molecule has 0 atom stereocenters. The van der Waals surface area contributed by atoms with Crippen LogP contribution in [0, 0.1) is 6.92 Å². The van der Waals surface area contributed by atoms with Crippen molar-refractivity contribution in [1.82, 2.24) is 0 Å². The van der Waals surface area contributed by atoms with E-state index < -0.39 is 0 Å². The first-order valence-corrected chi connectivity index (χ1v) is 4.95. The number of rotatable bonds is 2. The van der Waals surface area contributed by atoms with E-state index in [1.54, 1.807) is 30.3 Å². The summed E-state index contributed by atoms with van der Waals surface area (Å²) in [4.78, 5) is 11.8. The van der Waals surface area contributed by atoms with Crippen LogP contribution in [-0.4, -0.2) is 5.97 Å². The van der Waals surface area contributed by atoms with Gasteiger partial charge in [0.2, 0.25) is 0 Å². The number of ether oxygens (including phenoxy) is 1. The lowest BCUT2D eigenvalue weighted by molar-refractivity contribution is 0.0734. The summed E-state index contributed by atoms with van der Waals surface area (Å²) in [5.74, 6) is 0.160. The molecule has 2 aromatic rings. The van der Waals surface area contributed by atoms with E-state index >= 15 is 0 Å². The molecule has 2 heteroatoms. The molecule has 0 unspecified atom stereocenters. The van der Waals surface area contributed by atoms with Gasteiger partial charge in [-0.3, -0.25) is 0 Å². The van der Waals surface area contributed by atoms with Crippen LogP contribution in [0.3, 0.4) is 0 Å². The summed E-state index contributed by atoms with van der Waals surface area (Å²) >= 11 is 0. The number of carbonyl (C=O) groups is 1. The molecule has 0 aliphatic carbocycles. The molecule has 0 saturated carbocycles. The molecular formula is C14H11O2. The molecule has 2 nitrogen and oxygen atoms in total. The van der Waals surface area contributed by atoms with Crippen molar-refractivity contribution in [2.24, 2.45) is 0 Å². The molecule has 16 heavy (non-hydrogen) atoms. The third-order valence-corrected chi connectivity index (χ3v) is 2.19. The Balaban J connectivity index is 2.19. The Labute approximate surface area is 94.5 Å². The zero-order valence-corrected chi connectivity index (χ0v) is 8.72. The molecule has 0 bridgehead atoms. The van der Waals surface area contributed by atoms with Crippen molar-refractivity contribution in [3.8, 4) is 5.75 Å². The molecular weight excluding hydrogens is 200 g/mol. The summed E-state index contributed by atoms with van der Waals surface area (Å²) in [6.07, 6.45) is 0. The SMILES string of the molecule is [CH2]c1ccccc1C(=O)Oc1ccccc1. The smallest absolute Gasteiger partial charge is 0.343 e. The quantitative estimate of drug-likeness (QED) is 0.563. The van der Waals surface area contributed by atoms with E-state index in [1.165, 1.54) is 0 Å². The predicted molar refractivity (Wildman–Crippen MR) is 62.3 cm³/mol. The third kappa shape index (κ3) is 2.28. The van der Waals surface area contributed by atoms with E-state index in [2.05, 4.69) is 6.92 Å². The Morgan fingerprint density at radius 1 is 0.938 bits per heavy atom. The first kappa shape index (κ1) is 10.4. The van der Waals surface area contributed by atoms with Gasteiger partial charge in [-0.2, -0.15) is 0 Å². The molecule has 1 radical (unpaired) electrons. The van der Waals surface area contributed by atoms with Crippen molar-refractivity contribution in [2.75, 3.05) is 0 Å². The van der Waals surface area contributed by atoms with Crippen LogP contribution < -0.4 is 4.74 Å². The van der Waals surface area contributed by atoms with Crippen LogP contribution in [-0.2, 0) is 0 Å². The lowest BCUT2D eigenvalue weighted by Crippen LogP contribution is -2.09. The second-order valence-electron chi connectivity index (χ2n) is 3.36. The van der Waals surface area contributed by atoms with E-state index in [1.807, 2.05) is 24.3 Å². The summed E-state index contributed by atoms with van der Waals surface area (Å²) in [5, 5.41) is 0. The second-order valence-corrected chi connectivity index (χ2v) is 3.36. The third-order valence-electron chi connectivity index (χ3n) is 2.19. The molecule has 0 N–H and O–H groups in total. The molecule has 2 aromatic carbocycles. The molecule has 79 valence electrons. The normalized spacial score (nSPS) is 9.81. The molecule has 0 aromatic heterocycles. The van der Waals surface area contributed by atoms with Gasteiger partial charge in [0.05, 0.1) is 5.56 Å². The van der Waals surface area contributed by atoms with Gasteiger partial charge in [0.15, 0.2) is 0 Å². The lowest BCUT2D eigenvalue weighted by Gasteiger charge is -2.05. The van der Waals surface area contributed by atoms with E-state index in [-0.39, 0.29) is 5.97 Å². The molecule has 0 saturated heterocycles. The van der Waals surface area contributed by atoms with Gasteiger partial charge in [-0.1, -0.05) is 36.4 Å². The lowest BCUT2D eigenvalue weighted by atomic mass is 10.1. The van der Waals surface area contributed by atoms with Gasteiger partial charge in [-0.25, -0.2) is 4.79 Å². The van der Waals surface area contributed by atoms with Crippen molar-refractivity contribution in [2.45, 2.75) is 0 Å². The van der Waals surface area contributed by atoms with Crippen molar-refractivity contribution in [3.63, 3.8) is 0 Å². The Kier molecular flexibility index (Phi) is 3.01. The fourth-order valence-corrected chi connectivity index (χ4v) is 1.37. The van der Waals surface area contributed by atoms with Crippen LogP contribution in [0.15, 0.2) is 54.6 Å². The summed E-state index contributed by atoms with van der Waals surface area (Å²) in [5.41, 5.74) is 1.16. The summed E-state index contributed by atoms with van der Waals surface area (Å²) in [7, 11) is 0. The second kappa shape index (κ2) is 4.62. The van der Waals surface area contributed by atoms with Crippen LogP contribution in [0.5, 0.6) is 5.75 Å². The molecule has 0 amide bonds. The summed E-state index contributed by atoms with van der Waals surface area (Å²) in [6.45, 7) is 3.78. The summed E-state index contributed by atoms with van der Waals surface area (Å²) < 4.78 is 5.20. The van der Waals surface area contributed by atoms with Gasteiger partial charge in [0, 0.05) is 0 Å². The van der Waals surface area contributed by atoms with E-state index in [9.17, 15) is 4.79 Å². The van der Waals surface area contributed by atoms with E-state index in [0.29, 0.717) is 16.9 Å². The first-order valence-electron chi connectivity index (χ1n) is 4.95. The Morgan fingerprint density at radius 3 is 2.25 bits per heavy atom. The Bertz CT molecular complexity index is 489. The standard InChI is InChI=1S/C14H11O2/c1-11-7-5-6-10-13(11)14(15)16-12-8-3-2-4-9-12/h2-10H,1H2. The van der Waals surface area contributed by atoms with Crippen LogP contribution in [0.2, 0.25) is 0 Å². The highest BCUT2D eigenvalue weighted by Crippen LogP contribution is 2.13. The van der Waals surface area contributed by atoms with Gasteiger partial charge in [-0.05, 0) is 30.7 Å². The maximum absolute atomic E-state index is 11.8. The minimum absolute atomic E-state index is 0.378. The summed E-state index contributed by atoms with van der Waals surface area (Å²) in [6, 6.07) is 16.1. The monoisotopic (exact) mass is 211 g/mol. The molecule has 0 aliphatic heterocycles. The van der Waals surface area contributed by atoms with E-state index in [0.717, 1.165) is 0 Å². The predicted octanol–water partition coefficient (Wildman–Crippen LogP) is 3.09. The molecule has 0 fully saturated rings. The number of benzene rings is 2. The van der Waals surface area contributed by atoms with Crippen molar-refractivity contribution in [3.05, 3.63) is 72.6 Å². The van der Waals surface area contributed by atoms with Crippen molar-refractivity contribution >= 4 is 5.97 Å². The molecule has 2 rings (SSSR count). The number of para-hydroxylation sites is 1. The number of hydrogen-bond donors (Lipinski definition) is 0. The highest BCUT2D eigenvalue weighted by molar-refractivity contribution is 5.92. The average molecular weight is 211 g/mol. The van der Waals surface area contributed by atoms with Crippen LogP contribution >= 0.6 is 0 Å². The van der Waals surface area contributed by atoms with Crippen molar-refractivity contribution in [1.29, 1.82) is 0 Å². The number of carbonyl (C=O) groups excluding carboxylic acids is 1. The fourth-order valence-electron chi connectivity index (χ4n) is 1.37. The number of esters is 1. The van der Waals surface area contributed by atoms with Gasteiger partial charge < -0.3 is 4.74 Å². The first-order chi connectivity index (χ1) is 7.77. The van der Waals surface area contributed by atoms with Gasteiger partial charge in [0.25, 0.3) is 0 Å². The minimum atomic E-state index is -0.378. The highest BCUT2D eigenvalue weighted by atomic mass is 16.5. The topological polar surface area (TPSA) is 26.3 Å². The maximum atomic E-state index is 11.8. The Morgan fingerprint density at radius 2 is 1.56 bits per heavy atom. The molecule has 0 spiro atoms. The van der Waals surface area contributed by atoms with Crippen molar-refractivity contribution < 1.29 is 9.53 Å². The van der Waals surface area contributed by atoms with Crippen LogP contribution in [0.4, 0.5) is 0 Å². The zero-order chi connectivity index (χ0) is 11.4. The van der Waals surface area contributed by atoms with Gasteiger partial charge in [0.1, 0.15) is 5.75 Å². The van der Waals surface area contributed by atoms with Crippen LogP contribution in [0.25, 0.3) is 0 Å². The largest absolute Gasteiger partial charge is 0.423 e. The van der Waals surface area contributed by atoms with Gasteiger partial charge >= 0.3 is 5.97 Å². The Hall–Kier alpha value is -2.09.